The Hall–Kier alpha value is -2.97. The zero-order valence-electron chi connectivity index (χ0n) is 18.0. The first-order valence-electron chi connectivity index (χ1n) is 11.1. The number of aromatic nitrogens is 1. The number of hydrogen-bond donors (Lipinski definition) is 4. The van der Waals surface area contributed by atoms with Gasteiger partial charge in [0.05, 0.1) is 18.4 Å². The number of rotatable bonds is 8. The molecule has 1 unspecified atom stereocenters. The summed E-state index contributed by atoms with van der Waals surface area (Å²) in [5, 5.41) is 13.9. The zero-order valence-corrected chi connectivity index (χ0v) is 18.0. The van der Waals surface area contributed by atoms with Gasteiger partial charge >= 0.3 is 0 Å². The number of primary amides is 1. The second kappa shape index (κ2) is 10.4. The quantitative estimate of drug-likeness (QED) is 0.463. The summed E-state index contributed by atoms with van der Waals surface area (Å²) in [5.74, 6) is -0.458. The molecule has 9 nitrogen and oxygen atoms in total. The minimum atomic E-state index is -0.857. The average Bonchev–Trinajstić information content (AvgIpc) is 3.27. The van der Waals surface area contributed by atoms with Crippen molar-refractivity contribution in [2.75, 3.05) is 18.4 Å². The molecule has 3 atom stereocenters. The Labute approximate surface area is 182 Å². The fraction of sp³-hybridized carbons (Fsp3) is 0.591. The van der Waals surface area contributed by atoms with Crippen LogP contribution in [0, 0.1) is 11.3 Å². The van der Waals surface area contributed by atoms with Gasteiger partial charge in [-0.15, -0.1) is 0 Å². The first-order chi connectivity index (χ1) is 14.9. The zero-order chi connectivity index (χ0) is 22.4. The Morgan fingerprint density at radius 2 is 2.06 bits per heavy atom. The van der Waals surface area contributed by atoms with E-state index in [1.165, 1.54) is 24.9 Å². The van der Waals surface area contributed by atoms with Crippen LogP contribution < -0.4 is 16.4 Å². The van der Waals surface area contributed by atoms with Crippen molar-refractivity contribution in [3.63, 3.8) is 0 Å². The molecule has 0 bridgehead atoms. The van der Waals surface area contributed by atoms with E-state index >= 15 is 0 Å². The van der Waals surface area contributed by atoms with Gasteiger partial charge in [-0.2, -0.15) is 0 Å². The molecule has 2 aliphatic rings. The molecule has 1 aromatic heterocycles. The Morgan fingerprint density at radius 3 is 2.81 bits per heavy atom. The molecule has 9 heteroatoms. The summed E-state index contributed by atoms with van der Waals surface area (Å²) in [4.78, 5) is 42.7. The molecule has 168 valence electrons. The third-order valence-electron chi connectivity index (χ3n) is 6.35. The number of nitrogens with one attached hydrogen (secondary N) is 3. The van der Waals surface area contributed by atoms with E-state index < -0.39 is 11.9 Å². The highest BCUT2D eigenvalue weighted by atomic mass is 16.2. The Balaban J connectivity index is 1.58. The van der Waals surface area contributed by atoms with E-state index in [-0.39, 0.29) is 35.7 Å². The summed E-state index contributed by atoms with van der Waals surface area (Å²) in [7, 11) is 0. The Bertz CT molecular complexity index is 842. The van der Waals surface area contributed by atoms with Crippen molar-refractivity contribution in [1.29, 1.82) is 5.41 Å². The predicted octanol–water partition coefficient (Wildman–Crippen LogP) is 1.42. The minimum Gasteiger partial charge on any atom is -0.374 e. The third kappa shape index (κ3) is 5.59. The monoisotopic (exact) mass is 428 g/mol. The van der Waals surface area contributed by atoms with Crippen LogP contribution in [-0.4, -0.2) is 58.5 Å². The maximum atomic E-state index is 12.9. The molecule has 0 spiro atoms. The number of hydrogen-bond acceptors (Lipinski definition) is 6. The molecule has 1 saturated heterocycles. The molecule has 1 aromatic rings. The van der Waals surface area contributed by atoms with Crippen LogP contribution in [0.2, 0.25) is 0 Å². The molecule has 5 N–H and O–H groups in total. The highest BCUT2D eigenvalue weighted by molar-refractivity contribution is 6.44. The summed E-state index contributed by atoms with van der Waals surface area (Å²) in [5.41, 5.74) is 5.52. The van der Waals surface area contributed by atoms with Crippen LogP contribution in [0.5, 0.6) is 0 Å². The summed E-state index contributed by atoms with van der Waals surface area (Å²) in [6, 6.07) is 1.24. The number of anilines is 1. The first-order valence-corrected chi connectivity index (χ1v) is 11.1. The van der Waals surface area contributed by atoms with Crippen molar-refractivity contribution in [3.05, 3.63) is 24.0 Å². The molecule has 2 fully saturated rings. The van der Waals surface area contributed by atoms with E-state index in [0.29, 0.717) is 24.6 Å². The van der Waals surface area contributed by atoms with Gasteiger partial charge in [-0.3, -0.25) is 24.8 Å². The smallest absolute Gasteiger partial charge is 0.267 e. The SMILES string of the molecule is CC[C@H]1CCCC(NC(=O)[C@@H]2CCCN2C(=O)CNc2cnccc2C(=N)C(N)=O)C1. The standard InChI is InChI=1S/C22H32N6O3/c1-2-14-5-3-6-15(11-14)27-22(31)18-7-4-10-28(18)19(29)13-26-17-12-25-9-8-16(17)20(23)21(24)30/h8-9,12,14-15,18,23,26H,2-7,10-11,13H2,1H3,(H2,24,30)(H,27,31)/t14-,15?,18-/m0/s1. The lowest BCUT2D eigenvalue weighted by Gasteiger charge is -2.31. The topological polar surface area (TPSA) is 141 Å². The highest BCUT2D eigenvalue weighted by Gasteiger charge is 2.35. The molecule has 2 heterocycles. The second-order valence-corrected chi connectivity index (χ2v) is 8.41. The van der Waals surface area contributed by atoms with Gasteiger partial charge in [-0.05, 0) is 37.7 Å². The number of nitrogens with two attached hydrogens (primary N) is 1. The van der Waals surface area contributed by atoms with E-state index in [9.17, 15) is 14.4 Å². The van der Waals surface area contributed by atoms with Gasteiger partial charge in [0.25, 0.3) is 5.91 Å². The maximum absolute atomic E-state index is 12.9. The van der Waals surface area contributed by atoms with Gasteiger partial charge in [0.1, 0.15) is 11.8 Å². The van der Waals surface area contributed by atoms with E-state index in [1.807, 2.05) is 0 Å². The Kier molecular flexibility index (Phi) is 7.59. The maximum Gasteiger partial charge on any atom is 0.267 e. The van der Waals surface area contributed by atoms with Crippen LogP contribution in [0.3, 0.4) is 0 Å². The van der Waals surface area contributed by atoms with Crippen molar-refractivity contribution in [2.45, 2.75) is 64.0 Å². The molecule has 0 aromatic carbocycles. The van der Waals surface area contributed by atoms with Crippen LogP contribution in [0.1, 0.15) is 57.4 Å². The fourth-order valence-corrected chi connectivity index (χ4v) is 4.59. The van der Waals surface area contributed by atoms with Crippen molar-refractivity contribution in [3.8, 4) is 0 Å². The average molecular weight is 429 g/mol. The van der Waals surface area contributed by atoms with E-state index in [2.05, 4.69) is 22.5 Å². The molecular weight excluding hydrogens is 396 g/mol. The first kappa shape index (κ1) is 22.7. The van der Waals surface area contributed by atoms with Gasteiger partial charge < -0.3 is 21.3 Å². The number of likely N-dealkylation sites (tertiary alicyclic amines) is 1. The number of nitrogens with zero attached hydrogens (tertiary/aromatic N) is 2. The number of amides is 3. The van der Waals surface area contributed by atoms with Crippen LogP contribution in [0.4, 0.5) is 5.69 Å². The van der Waals surface area contributed by atoms with Gasteiger partial charge in [0, 0.05) is 24.3 Å². The lowest BCUT2D eigenvalue weighted by Crippen LogP contribution is -2.50. The molecular formula is C22H32N6O3. The van der Waals surface area contributed by atoms with Crippen molar-refractivity contribution in [2.24, 2.45) is 11.7 Å². The largest absolute Gasteiger partial charge is 0.374 e. The number of carbonyl (C=O) groups is 3. The van der Waals surface area contributed by atoms with Crippen LogP contribution in [0.25, 0.3) is 0 Å². The van der Waals surface area contributed by atoms with Crippen molar-refractivity contribution >= 4 is 29.1 Å². The molecule has 3 amide bonds. The summed E-state index contributed by atoms with van der Waals surface area (Å²) < 4.78 is 0. The lowest BCUT2D eigenvalue weighted by atomic mass is 9.84. The molecule has 1 aliphatic carbocycles. The molecule has 3 rings (SSSR count). The summed E-state index contributed by atoms with van der Waals surface area (Å²) >= 11 is 0. The molecule has 1 saturated carbocycles. The van der Waals surface area contributed by atoms with Gasteiger partial charge in [0.15, 0.2) is 0 Å². The van der Waals surface area contributed by atoms with Crippen molar-refractivity contribution < 1.29 is 14.4 Å². The predicted molar refractivity (Wildman–Crippen MR) is 118 cm³/mol. The lowest BCUT2D eigenvalue weighted by molar-refractivity contribution is -0.137. The number of carbonyl (C=O) groups excluding carboxylic acids is 3. The summed E-state index contributed by atoms with van der Waals surface area (Å²) in [6.45, 7) is 2.67. The van der Waals surface area contributed by atoms with Crippen molar-refractivity contribution in [1.82, 2.24) is 15.2 Å². The normalized spacial score (nSPS) is 23.3. The van der Waals surface area contributed by atoms with Crippen LogP contribution in [-0.2, 0) is 14.4 Å². The van der Waals surface area contributed by atoms with Gasteiger partial charge in [-0.1, -0.05) is 26.2 Å². The molecule has 31 heavy (non-hydrogen) atoms. The molecule has 0 radical (unpaired) electrons. The fourth-order valence-electron chi connectivity index (χ4n) is 4.59. The van der Waals surface area contributed by atoms with E-state index in [0.717, 1.165) is 32.1 Å². The number of pyridine rings is 1. The second-order valence-electron chi connectivity index (χ2n) is 8.41. The summed E-state index contributed by atoms with van der Waals surface area (Å²) in [6.07, 6.45) is 9.86. The van der Waals surface area contributed by atoms with E-state index in [1.54, 1.807) is 4.90 Å². The Morgan fingerprint density at radius 1 is 1.26 bits per heavy atom. The van der Waals surface area contributed by atoms with Gasteiger partial charge in [0.2, 0.25) is 11.8 Å². The minimum absolute atomic E-state index is 0.0597. The highest BCUT2D eigenvalue weighted by Crippen LogP contribution is 2.27. The third-order valence-corrected chi connectivity index (χ3v) is 6.35. The van der Waals surface area contributed by atoms with Gasteiger partial charge in [-0.25, -0.2) is 0 Å². The van der Waals surface area contributed by atoms with Crippen LogP contribution >= 0.6 is 0 Å². The molecule has 1 aliphatic heterocycles. The van der Waals surface area contributed by atoms with E-state index in [4.69, 9.17) is 11.1 Å². The van der Waals surface area contributed by atoms with Crippen LogP contribution in [0.15, 0.2) is 18.5 Å².